The summed E-state index contributed by atoms with van der Waals surface area (Å²) in [5, 5.41) is 2.78. The van der Waals surface area contributed by atoms with E-state index in [-0.39, 0.29) is 11.8 Å². The van der Waals surface area contributed by atoms with Crippen molar-refractivity contribution in [3.63, 3.8) is 0 Å². The Bertz CT molecular complexity index is 505. The van der Waals surface area contributed by atoms with Crippen LogP contribution in [0.2, 0.25) is 0 Å². The molecule has 2 rings (SSSR count). The van der Waals surface area contributed by atoms with Gasteiger partial charge in [0.2, 0.25) is 6.41 Å². The maximum absolute atomic E-state index is 12.0. The third kappa shape index (κ3) is 3.34. The highest BCUT2D eigenvalue weighted by Gasteiger charge is 2.19. The van der Waals surface area contributed by atoms with Crippen LogP contribution in [0, 0.1) is 0 Å². The second kappa shape index (κ2) is 6.18. The average Bonchev–Trinajstić information content (AvgIpc) is 2.48. The van der Waals surface area contributed by atoms with E-state index in [1.807, 2.05) is 0 Å². The van der Waals surface area contributed by atoms with Gasteiger partial charge in [-0.3, -0.25) is 9.59 Å². The predicted octanol–water partition coefficient (Wildman–Crippen LogP) is 1.20. The van der Waals surface area contributed by atoms with Crippen LogP contribution in [0.3, 0.4) is 0 Å². The van der Waals surface area contributed by atoms with Gasteiger partial charge in [-0.1, -0.05) is 0 Å². The van der Waals surface area contributed by atoms with Gasteiger partial charge in [-0.2, -0.15) is 0 Å². The topological polar surface area (TPSA) is 69.7 Å². The van der Waals surface area contributed by atoms with E-state index < -0.39 is 0 Å². The number of nitrogens with zero attached hydrogens (tertiary/aromatic N) is 2. The highest BCUT2D eigenvalue weighted by Crippen LogP contribution is 2.11. The largest absolute Gasteiger partial charge is 0.342 e. The van der Waals surface area contributed by atoms with Gasteiger partial charge < -0.3 is 15.1 Å². The molecule has 0 unspecified atom stereocenters. The lowest BCUT2D eigenvalue weighted by molar-refractivity contribution is -0.119. The number of piperazine rings is 1. The average molecular weight is 275 g/mol. The van der Waals surface area contributed by atoms with Gasteiger partial charge in [-0.25, -0.2) is 4.79 Å². The van der Waals surface area contributed by atoms with Crippen molar-refractivity contribution >= 4 is 23.9 Å². The molecule has 20 heavy (non-hydrogen) atoms. The quantitative estimate of drug-likeness (QED) is 0.665. The van der Waals surface area contributed by atoms with Gasteiger partial charge in [-0.15, -0.1) is 0 Å². The number of amides is 3. The molecule has 6 nitrogen and oxygen atoms in total. The van der Waals surface area contributed by atoms with E-state index in [1.165, 1.54) is 6.92 Å². The summed E-state index contributed by atoms with van der Waals surface area (Å²) >= 11 is 0. The summed E-state index contributed by atoms with van der Waals surface area (Å²) in [4.78, 5) is 37.1. The Kier molecular flexibility index (Phi) is 4.34. The van der Waals surface area contributed by atoms with Crippen molar-refractivity contribution in [2.75, 3.05) is 31.5 Å². The molecule has 1 aliphatic heterocycles. The van der Waals surface area contributed by atoms with Gasteiger partial charge >= 0.3 is 6.03 Å². The first-order chi connectivity index (χ1) is 9.60. The summed E-state index contributed by atoms with van der Waals surface area (Å²) in [5.41, 5.74) is 1.26. The van der Waals surface area contributed by atoms with E-state index >= 15 is 0 Å². The number of ketones is 1. The van der Waals surface area contributed by atoms with Crippen molar-refractivity contribution in [2.45, 2.75) is 6.92 Å². The van der Waals surface area contributed by atoms with Crippen molar-refractivity contribution in [1.82, 2.24) is 9.80 Å². The fourth-order valence-electron chi connectivity index (χ4n) is 2.02. The standard InChI is InChI=1S/C14H17N3O3/c1-11(19)12-2-4-13(5-3-12)15-14(20)17-8-6-16(10-18)7-9-17/h2-5,10H,6-9H2,1H3,(H,15,20). The fourth-order valence-corrected chi connectivity index (χ4v) is 2.02. The van der Waals surface area contributed by atoms with E-state index in [1.54, 1.807) is 34.1 Å². The minimum Gasteiger partial charge on any atom is -0.342 e. The molecule has 6 heteroatoms. The molecule has 0 aliphatic carbocycles. The van der Waals surface area contributed by atoms with Crippen LogP contribution in [0.15, 0.2) is 24.3 Å². The third-order valence-corrected chi connectivity index (χ3v) is 3.29. The summed E-state index contributed by atoms with van der Waals surface area (Å²) in [5.74, 6) is -0.00661. The first-order valence-electron chi connectivity index (χ1n) is 6.46. The summed E-state index contributed by atoms with van der Waals surface area (Å²) in [7, 11) is 0. The molecule has 0 radical (unpaired) electrons. The minimum atomic E-state index is -0.189. The maximum Gasteiger partial charge on any atom is 0.321 e. The lowest BCUT2D eigenvalue weighted by Gasteiger charge is -2.32. The van der Waals surface area contributed by atoms with Crippen LogP contribution in [-0.4, -0.2) is 54.2 Å². The predicted molar refractivity (Wildman–Crippen MR) is 74.7 cm³/mol. The molecule has 1 aliphatic rings. The van der Waals surface area contributed by atoms with Crippen LogP contribution in [0.5, 0.6) is 0 Å². The van der Waals surface area contributed by atoms with Crippen LogP contribution in [0.4, 0.5) is 10.5 Å². The molecule has 1 aromatic carbocycles. The lowest BCUT2D eigenvalue weighted by Crippen LogP contribution is -2.49. The number of anilines is 1. The molecule has 1 fully saturated rings. The number of hydrogen-bond donors (Lipinski definition) is 1. The molecule has 0 saturated carbocycles. The van der Waals surface area contributed by atoms with Gasteiger partial charge in [0.25, 0.3) is 0 Å². The van der Waals surface area contributed by atoms with E-state index in [0.717, 1.165) is 6.41 Å². The van der Waals surface area contributed by atoms with Crippen molar-refractivity contribution in [1.29, 1.82) is 0 Å². The molecular weight excluding hydrogens is 258 g/mol. The second-order valence-corrected chi connectivity index (χ2v) is 4.69. The Balaban J connectivity index is 1.91. The van der Waals surface area contributed by atoms with Crippen LogP contribution in [-0.2, 0) is 4.79 Å². The van der Waals surface area contributed by atoms with Gasteiger partial charge in [0.1, 0.15) is 0 Å². The molecule has 1 N–H and O–H groups in total. The number of carbonyl (C=O) groups excluding carboxylic acids is 3. The molecule has 3 amide bonds. The van der Waals surface area contributed by atoms with Gasteiger partial charge in [-0.05, 0) is 31.2 Å². The summed E-state index contributed by atoms with van der Waals surface area (Å²) < 4.78 is 0. The molecular formula is C14H17N3O3. The van der Waals surface area contributed by atoms with E-state index in [2.05, 4.69) is 5.32 Å². The fraction of sp³-hybridized carbons (Fsp3) is 0.357. The Labute approximate surface area is 117 Å². The number of rotatable bonds is 3. The first-order valence-corrected chi connectivity index (χ1v) is 6.46. The second-order valence-electron chi connectivity index (χ2n) is 4.69. The summed E-state index contributed by atoms with van der Waals surface area (Å²) in [6, 6.07) is 6.59. The highest BCUT2D eigenvalue weighted by atomic mass is 16.2. The molecule has 0 atom stereocenters. The molecule has 1 saturated heterocycles. The third-order valence-electron chi connectivity index (χ3n) is 3.29. The van der Waals surface area contributed by atoms with Crippen LogP contribution in [0.25, 0.3) is 0 Å². The number of urea groups is 1. The Morgan fingerprint density at radius 1 is 1.10 bits per heavy atom. The van der Waals surface area contributed by atoms with Crippen LogP contribution >= 0.6 is 0 Å². The molecule has 106 valence electrons. The number of Topliss-reactive ketones (excluding diaryl/α,β-unsaturated/α-hetero) is 1. The SMILES string of the molecule is CC(=O)c1ccc(NC(=O)N2CCN(C=O)CC2)cc1. The molecule has 1 aromatic rings. The van der Waals surface area contributed by atoms with Crippen molar-refractivity contribution in [3.8, 4) is 0 Å². The van der Waals surface area contributed by atoms with Crippen LogP contribution in [0.1, 0.15) is 17.3 Å². The van der Waals surface area contributed by atoms with Crippen molar-refractivity contribution in [3.05, 3.63) is 29.8 Å². The summed E-state index contributed by atoms with van der Waals surface area (Å²) in [6.45, 7) is 3.66. The molecule has 1 heterocycles. The highest BCUT2D eigenvalue weighted by molar-refractivity contribution is 5.95. The Morgan fingerprint density at radius 2 is 1.70 bits per heavy atom. The Hall–Kier alpha value is -2.37. The van der Waals surface area contributed by atoms with Crippen molar-refractivity contribution < 1.29 is 14.4 Å². The van der Waals surface area contributed by atoms with Gasteiger partial charge in [0, 0.05) is 37.4 Å². The van der Waals surface area contributed by atoms with Gasteiger partial charge in [0.15, 0.2) is 5.78 Å². The smallest absolute Gasteiger partial charge is 0.321 e. The lowest BCUT2D eigenvalue weighted by atomic mass is 10.1. The number of nitrogens with one attached hydrogen (secondary N) is 1. The van der Waals surface area contributed by atoms with Crippen molar-refractivity contribution in [2.24, 2.45) is 0 Å². The minimum absolute atomic E-state index is 0.00661. The number of benzene rings is 1. The molecule has 0 spiro atoms. The van der Waals surface area contributed by atoms with E-state index in [9.17, 15) is 14.4 Å². The zero-order valence-electron chi connectivity index (χ0n) is 11.3. The maximum atomic E-state index is 12.0. The number of carbonyl (C=O) groups is 3. The zero-order valence-corrected chi connectivity index (χ0v) is 11.3. The normalized spacial score (nSPS) is 14.8. The zero-order chi connectivity index (χ0) is 14.5. The first kappa shape index (κ1) is 14.0. The monoisotopic (exact) mass is 275 g/mol. The summed E-state index contributed by atoms with van der Waals surface area (Å²) in [6.07, 6.45) is 0.801. The number of hydrogen-bond acceptors (Lipinski definition) is 3. The Morgan fingerprint density at radius 3 is 2.20 bits per heavy atom. The van der Waals surface area contributed by atoms with E-state index in [0.29, 0.717) is 37.4 Å². The van der Waals surface area contributed by atoms with Gasteiger partial charge in [0.05, 0.1) is 0 Å². The van der Waals surface area contributed by atoms with Crippen LogP contribution < -0.4 is 5.32 Å². The van der Waals surface area contributed by atoms with E-state index in [4.69, 9.17) is 0 Å². The molecule has 0 bridgehead atoms. The molecule has 0 aromatic heterocycles.